The number of aromatic amines is 1. The maximum atomic E-state index is 12.2. The average molecular weight is 336 g/mol. The summed E-state index contributed by atoms with van der Waals surface area (Å²) < 4.78 is 5.13. The lowest BCUT2D eigenvalue weighted by molar-refractivity contribution is -0.125. The summed E-state index contributed by atoms with van der Waals surface area (Å²) >= 11 is 0. The summed E-state index contributed by atoms with van der Waals surface area (Å²) in [6, 6.07) is 0.190. The van der Waals surface area contributed by atoms with Crippen molar-refractivity contribution in [3.05, 3.63) is 22.5 Å². The zero-order valence-corrected chi connectivity index (χ0v) is 14.8. The number of esters is 1. The van der Waals surface area contributed by atoms with E-state index in [-0.39, 0.29) is 18.6 Å². The minimum Gasteiger partial charge on any atom is -0.451 e. The van der Waals surface area contributed by atoms with Crippen molar-refractivity contribution in [1.29, 1.82) is 0 Å². The van der Waals surface area contributed by atoms with Gasteiger partial charge >= 0.3 is 5.97 Å². The Labute approximate surface area is 143 Å². The van der Waals surface area contributed by atoms with E-state index in [9.17, 15) is 14.7 Å². The maximum Gasteiger partial charge on any atom is 0.355 e. The molecule has 1 fully saturated rings. The Morgan fingerprint density at radius 3 is 2.42 bits per heavy atom. The van der Waals surface area contributed by atoms with Gasteiger partial charge in [-0.05, 0) is 39.2 Å². The van der Waals surface area contributed by atoms with Crippen molar-refractivity contribution < 1.29 is 19.4 Å². The summed E-state index contributed by atoms with van der Waals surface area (Å²) in [5, 5.41) is 12.7. The van der Waals surface area contributed by atoms with E-state index in [4.69, 9.17) is 4.74 Å². The number of carbonyl (C=O) groups excluding carboxylic acids is 2. The molecule has 1 atom stereocenters. The number of aliphatic hydroxyl groups is 1. The van der Waals surface area contributed by atoms with Crippen LogP contribution in [0.1, 0.15) is 78.9 Å². The zero-order chi connectivity index (χ0) is 17.7. The van der Waals surface area contributed by atoms with Crippen molar-refractivity contribution in [2.24, 2.45) is 0 Å². The molecule has 0 unspecified atom stereocenters. The van der Waals surface area contributed by atoms with E-state index in [1.165, 1.54) is 12.8 Å². The quantitative estimate of drug-likeness (QED) is 0.569. The number of ether oxygens (including phenoxy) is 1. The number of nitrogens with one attached hydrogen (secondary N) is 2. The summed E-state index contributed by atoms with van der Waals surface area (Å²) in [6.07, 6.45) is 6.03. The molecule has 6 nitrogen and oxygen atoms in total. The maximum absolute atomic E-state index is 12.2. The van der Waals surface area contributed by atoms with Gasteiger partial charge in [0.2, 0.25) is 0 Å². The van der Waals surface area contributed by atoms with Crippen molar-refractivity contribution in [3.63, 3.8) is 0 Å². The minimum atomic E-state index is -0.665. The molecule has 134 valence electrons. The van der Waals surface area contributed by atoms with Crippen LogP contribution in [0.25, 0.3) is 0 Å². The first-order chi connectivity index (χ1) is 11.4. The normalized spacial score (nSPS) is 17.2. The van der Waals surface area contributed by atoms with Crippen LogP contribution < -0.4 is 5.32 Å². The predicted octanol–water partition coefficient (Wildman–Crippen LogP) is 2.68. The molecule has 3 N–H and O–H groups in total. The Balaban J connectivity index is 1.88. The number of amides is 1. The van der Waals surface area contributed by atoms with Crippen LogP contribution in [0.2, 0.25) is 0 Å². The SMILES string of the molecule is Cc1[nH]c(C(=O)OCC(=O)NC2CCCCCC2)c(C)c1[C@@H](C)O. The molecule has 6 heteroatoms. The Bertz CT molecular complexity index is 584. The molecule has 1 aliphatic rings. The van der Waals surface area contributed by atoms with Crippen LogP contribution in [-0.4, -0.2) is 34.6 Å². The fourth-order valence-corrected chi connectivity index (χ4v) is 3.49. The summed E-state index contributed by atoms with van der Waals surface area (Å²) in [4.78, 5) is 27.1. The number of H-pyrrole nitrogens is 1. The number of carbonyl (C=O) groups is 2. The molecule has 0 spiro atoms. The molecular formula is C18H28N2O4. The van der Waals surface area contributed by atoms with E-state index in [2.05, 4.69) is 10.3 Å². The Morgan fingerprint density at radius 2 is 1.88 bits per heavy atom. The fourth-order valence-electron chi connectivity index (χ4n) is 3.49. The first-order valence-electron chi connectivity index (χ1n) is 8.73. The first kappa shape index (κ1) is 18.5. The molecule has 1 aromatic rings. The number of aryl methyl sites for hydroxylation is 1. The molecule has 1 aromatic heterocycles. The lowest BCUT2D eigenvalue weighted by atomic mass is 10.1. The number of aromatic nitrogens is 1. The summed E-state index contributed by atoms with van der Waals surface area (Å²) in [5.41, 5.74) is 2.39. The van der Waals surface area contributed by atoms with Gasteiger partial charge in [0, 0.05) is 17.3 Å². The van der Waals surface area contributed by atoms with Crippen molar-refractivity contribution in [3.8, 4) is 0 Å². The van der Waals surface area contributed by atoms with E-state index in [0.29, 0.717) is 16.8 Å². The number of rotatable bonds is 5. The van der Waals surface area contributed by atoms with E-state index in [0.717, 1.165) is 31.4 Å². The largest absolute Gasteiger partial charge is 0.451 e. The highest BCUT2D eigenvalue weighted by molar-refractivity contribution is 5.91. The molecule has 1 aliphatic carbocycles. The standard InChI is InChI=1S/C18H28N2O4/c1-11-16(13(3)21)12(2)19-17(11)18(23)24-10-15(22)20-14-8-6-4-5-7-9-14/h13-14,19,21H,4-10H2,1-3H3,(H,20,22)/t13-/m1/s1. The van der Waals surface area contributed by atoms with Crippen LogP contribution in [0.3, 0.4) is 0 Å². The van der Waals surface area contributed by atoms with Gasteiger partial charge in [0.1, 0.15) is 5.69 Å². The minimum absolute atomic E-state index is 0.190. The van der Waals surface area contributed by atoms with Gasteiger partial charge < -0.3 is 20.1 Å². The van der Waals surface area contributed by atoms with Crippen LogP contribution in [0.15, 0.2) is 0 Å². The van der Waals surface area contributed by atoms with E-state index in [1.54, 1.807) is 20.8 Å². The number of aliphatic hydroxyl groups excluding tert-OH is 1. The van der Waals surface area contributed by atoms with Crippen molar-refractivity contribution in [2.75, 3.05) is 6.61 Å². The third-order valence-corrected chi connectivity index (χ3v) is 4.67. The number of hydrogen-bond donors (Lipinski definition) is 3. The zero-order valence-electron chi connectivity index (χ0n) is 14.8. The van der Waals surface area contributed by atoms with Gasteiger partial charge in [-0.1, -0.05) is 25.7 Å². The van der Waals surface area contributed by atoms with Crippen molar-refractivity contribution >= 4 is 11.9 Å². The second-order valence-electron chi connectivity index (χ2n) is 6.67. The van der Waals surface area contributed by atoms with Gasteiger partial charge in [-0.15, -0.1) is 0 Å². The highest BCUT2D eigenvalue weighted by Crippen LogP contribution is 2.24. The third-order valence-electron chi connectivity index (χ3n) is 4.67. The van der Waals surface area contributed by atoms with E-state index >= 15 is 0 Å². The lowest BCUT2D eigenvalue weighted by Crippen LogP contribution is -2.37. The second kappa shape index (κ2) is 8.33. The third kappa shape index (κ3) is 4.60. The molecule has 1 saturated carbocycles. The molecule has 24 heavy (non-hydrogen) atoms. The van der Waals surface area contributed by atoms with Crippen LogP contribution >= 0.6 is 0 Å². The Kier molecular flexibility index (Phi) is 6.43. The topological polar surface area (TPSA) is 91.4 Å². The lowest BCUT2D eigenvalue weighted by Gasteiger charge is -2.16. The van der Waals surface area contributed by atoms with Crippen LogP contribution in [0.4, 0.5) is 0 Å². The fraction of sp³-hybridized carbons (Fsp3) is 0.667. The first-order valence-corrected chi connectivity index (χ1v) is 8.73. The summed E-state index contributed by atoms with van der Waals surface area (Å²) in [7, 11) is 0. The molecular weight excluding hydrogens is 308 g/mol. The van der Waals surface area contributed by atoms with Crippen molar-refractivity contribution in [1.82, 2.24) is 10.3 Å². The molecule has 0 aromatic carbocycles. The predicted molar refractivity (Wildman–Crippen MR) is 90.8 cm³/mol. The van der Waals surface area contributed by atoms with Crippen LogP contribution in [-0.2, 0) is 9.53 Å². The van der Waals surface area contributed by atoms with Crippen LogP contribution in [0.5, 0.6) is 0 Å². The molecule has 2 rings (SSSR count). The summed E-state index contributed by atoms with van der Waals surface area (Å²) in [6.45, 7) is 4.92. The van der Waals surface area contributed by atoms with Crippen molar-refractivity contribution in [2.45, 2.75) is 71.4 Å². The van der Waals surface area contributed by atoms with Gasteiger partial charge in [-0.3, -0.25) is 4.79 Å². The van der Waals surface area contributed by atoms with E-state index < -0.39 is 12.1 Å². The van der Waals surface area contributed by atoms with Gasteiger partial charge in [-0.25, -0.2) is 4.79 Å². The Morgan fingerprint density at radius 1 is 1.25 bits per heavy atom. The molecule has 0 bridgehead atoms. The second-order valence-corrected chi connectivity index (χ2v) is 6.67. The van der Waals surface area contributed by atoms with Gasteiger partial charge in [0.15, 0.2) is 6.61 Å². The molecule has 1 amide bonds. The average Bonchev–Trinajstić information content (AvgIpc) is 2.68. The monoisotopic (exact) mass is 336 g/mol. The molecule has 0 aliphatic heterocycles. The smallest absolute Gasteiger partial charge is 0.355 e. The highest BCUT2D eigenvalue weighted by Gasteiger charge is 2.22. The molecule has 0 saturated heterocycles. The Hall–Kier alpha value is -1.82. The van der Waals surface area contributed by atoms with Gasteiger partial charge in [0.05, 0.1) is 6.10 Å². The summed E-state index contributed by atoms with van der Waals surface area (Å²) in [5.74, 6) is -0.828. The van der Waals surface area contributed by atoms with Gasteiger partial charge in [-0.2, -0.15) is 0 Å². The molecule has 1 heterocycles. The molecule has 0 radical (unpaired) electrons. The highest BCUT2D eigenvalue weighted by atomic mass is 16.5. The van der Waals surface area contributed by atoms with E-state index in [1.807, 2.05) is 0 Å². The van der Waals surface area contributed by atoms with Gasteiger partial charge in [0.25, 0.3) is 5.91 Å². The van der Waals surface area contributed by atoms with Crippen LogP contribution in [0, 0.1) is 13.8 Å². The number of hydrogen-bond acceptors (Lipinski definition) is 4.